The van der Waals surface area contributed by atoms with Gasteiger partial charge in [0.2, 0.25) is 0 Å². The predicted octanol–water partition coefficient (Wildman–Crippen LogP) is 4.57. The van der Waals surface area contributed by atoms with E-state index in [1.165, 1.54) is 11.8 Å². The van der Waals surface area contributed by atoms with Crippen molar-refractivity contribution in [3.8, 4) is 0 Å². The minimum atomic E-state index is -0.00375. The Hall–Kier alpha value is -1.91. The van der Waals surface area contributed by atoms with Gasteiger partial charge in [0.1, 0.15) is 10.9 Å². The number of thioether (sulfide) groups is 1. The average molecular weight is 329 g/mol. The molecule has 0 aliphatic heterocycles. The highest BCUT2D eigenvalue weighted by molar-refractivity contribution is 8.00. The number of Topliss-reactive ketones (excluding diaryl/α,β-unsaturated/α-hetero) is 1. The lowest BCUT2D eigenvalue weighted by Gasteiger charge is -2.07. The zero-order valence-electron chi connectivity index (χ0n) is 11.9. The fourth-order valence-corrected chi connectivity index (χ4v) is 3.36. The van der Waals surface area contributed by atoms with Crippen molar-refractivity contribution in [2.45, 2.75) is 11.9 Å². The van der Waals surface area contributed by atoms with Crippen LogP contribution in [0.5, 0.6) is 0 Å². The zero-order valence-corrected chi connectivity index (χ0v) is 13.5. The van der Waals surface area contributed by atoms with Crippen LogP contribution >= 0.6 is 23.4 Å². The lowest BCUT2D eigenvalue weighted by molar-refractivity contribution is 0.102. The Balaban J connectivity index is 1.85. The summed E-state index contributed by atoms with van der Waals surface area (Å²) in [5.74, 6) is 0.992. The van der Waals surface area contributed by atoms with Crippen molar-refractivity contribution in [2.75, 3.05) is 5.75 Å². The van der Waals surface area contributed by atoms with Crippen molar-refractivity contribution in [2.24, 2.45) is 0 Å². The number of hydrogen-bond acceptors (Lipinski definition) is 4. The van der Waals surface area contributed by atoms with E-state index in [-0.39, 0.29) is 5.78 Å². The average Bonchev–Trinajstić information content (AvgIpc) is 2.52. The molecule has 0 radical (unpaired) electrons. The fourth-order valence-electron chi connectivity index (χ4n) is 2.17. The molecule has 1 aromatic heterocycles. The third kappa shape index (κ3) is 3.13. The van der Waals surface area contributed by atoms with Gasteiger partial charge in [0, 0.05) is 10.9 Å². The maximum atomic E-state index is 12.3. The molecule has 0 aliphatic carbocycles. The zero-order chi connectivity index (χ0) is 15.5. The maximum Gasteiger partial charge on any atom is 0.174 e. The summed E-state index contributed by atoms with van der Waals surface area (Å²) in [7, 11) is 0. The van der Waals surface area contributed by atoms with Crippen molar-refractivity contribution in [1.82, 2.24) is 9.97 Å². The second-order valence-electron chi connectivity index (χ2n) is 4.78. The van der Waals surface area contributed by atoms with Crippen LogP contribution in [-0.2, 0) is 0 Å². The molecule has 0 atom stereocenters. The van der Waals surface area contributed by atoms with E-state index in [1.54, 1.807) is 12.1 Å². The molecule has 3 nitrogen and oxygen atoms in total. The Morgan fingerprint density at radius 1 is 1.09 bits per heavy atom. The summed E-state index contributed by atoms with van der Waals surface area (Å²) in [5, 5.41) is 2.27. The van der Waals surface area contributed by atoms with E-state index < -0.39 is 0 Å². The third-order valence-electron chi connectivity index (χ3n) is 3.19. The van der Waals surface area contributed by atoms with Gasteiger partial charge in [-0.2, -0.15) is 0 Å². The van der Waals surface area contributed by atoms with Crippen LogP contribution in [0.2, 0.25) is 5.02 Å². The summed E-state index contributed by atoms with van der Waals surface area (Å²) in [5.41, 5.74) is 1.44. The van der Waals surface area contributed by atoms with Gasteiger partial charge in [0.15, 0.2) is 5.78 Å². The molecule has 5 heteroatoms. The molecule has 0 saturated carbocycles. The molecule has 0 spiro atoms. The molecule has 3 aromatic rings. The molecule has 110 valence electrons. The smallest absolute Gasteiger partial charge is 0.174 e. The number of rotatable bonds is 4. The third-order valence-corrected chi connectivity index (χ3v) is 4.52. The van der Waals surface area contributed by atoms with Gasteiger partial charge in [0.25, 0.3) is 0 Å². The van der Waals surface area contributed by atoms with Gasteiger partial charge in [-0.25, -0.2) is 9.97 Å². The number of ketones is 1. The molecule has 2 aromatic carbocycles. The van der Waals surface area contributed by atoms with Gasteiger partial charge in [-0.15, -0.1) is 0 Å². The molecule has 0 unspecified atom stereocenters. The van der Waals surface area contributed by atoms with Gasteiger partial charge in [-0.1, -0.05) is 53.7 Å². The normalized spacial score (nSPS) is 10.8. The fraction of sp³-hybridized carbons (Fsp3) is 0.118. The first-order valence-corrected chi connectivity index (χ1v) is 8.15. The van der Waals surface area contributed by atoms with E-state index in [4.69, 9.17) is 11.6 Å². The number of nitrogens with zero attached hydrogens (tertiary/aromatic N) is 2. The van der Waals surface area contributed by atoms with Crippen molar-refractivity contribution in [3.63, 3.8) is 0 Å². The monoisotopic (exact) mass is 328 g/mol. The van der Waals surface area contributed by atoms with Crippen molar-refractivity contribution >= 4 is 40.0 Å². The Morgan fingerprint density at radius 3 is 2.64 bits per heavy atom. The van der Waals surface area contributed by atoms with Crippen LogP contribution in [0.4, 0.5) is 0 Å². The van der Waals surface area contributed by atoms with Gasteiger partial charge in [-0.3, -0.25) is 4.79 Å². The molecule has 0 bridgehead atoms. The van der Waals surface area contributed by atoms with Crippen LogP contribution in [0.25, 0.3) is 10.9 Å². The van der Waals surface area contributed by atoms with E-state index in [1.807, 2.05) is 43.3 Å². The van der Waals surface area contributed by atoms with Crippen molar-refractivity contribution in [1.29, 1.82) is 0 Å². The molecule has 22 heavy (non-hydrogen) atoms. The summed E-state index contributed by atoms with van der Waals surface area (Å²) in [6.45, 7) is 1.85. The van der Waals surface area contributed by atoms with Gasteiger partial charge in [0.05, 0.1) is 16.3 Å². The summed E-state index contributed by atoms with van der Waals surface area (Å²) in [4.78, 5) is 21.2. The number of carbonyl (C=O) groups excluding carboxylic acids is 1. The van der Waals surface area contributed by atoms with Crippen LogP contribution in [-0.4, -0.2) is 21.5 Å². The molecule has 0 N–H and O–H groups in total. The number of aryl methyl sites for hydroxylation is 1. The summed E-state index contributed by atoms with van der Waals surface area (Å²) in [6.07, 6.45) is 0. The highest BCUT2D eigenvalue weighted by Gasteiger charge is 2.12. The SMILES string of the molecule is Cc1nc(SCC(=O)c2ccccc2Cl)c2ccccc2n1. The number of aromatic nitrogens is 2. The van der Waals surface area contributed by atoms with Crippen molar-refractivity contribution in [3.05, 3.63) is 64.9 Å². The van der Waals surface area contributed by atoms with Crippen molar-refractivity contribution < 1.29 is 4.79 Å². The van der Waals surface area contributed by atoms with Gasteiger partial charge >= 0.3 is 0 Å². The Kier molecular flexibility index (Phi) is 4.41. The number of benzene rings is 2. The number of hydrogen-bond donors (Lipinski definition) is 0. The van der Waals surface area contributed by atoms with Crippen LogP contribution in [0, 0.1) is 6.92 Å². The number of halogens is 1. The predicted molar refractivity (Wildman–Crippen MR) is 90.8 cm³/mol. The minimum Gasteiger partial charge on any atom is -0.293 e. The molecular weight excluding hydrogens is 316 g/mol. The molecule has 0 aliphatic rings. The highest BCUT2D eigenvalue weighted by atomic mass is 35.5. The Morgan fingerprint density at radius 2 is 1.82 bits per heavy atom. The number of carbonyl (C=O) groups is 1. The second kappa shape index (κ2) is 6.46. The van der Waals surface area contributed by atoms with E-state index in [9.17, 15) is 4.79 Å². The molecule has 3 rings (SSSR count). The lowest BCUT2D eigenvalue weighted by Crippen LogP contribution is -2.04. The lowest BCUT2D eigenvalue weighted by atomic mass is 10.1. The van der Waals surface area contributed by atoms with Crippen LogP contribution < -0.4 is 0 Å². The molecule has 0 amide bonds. The summed E-state index contributed by atoms with van der Waals surface area (Å²) in [6, 6.07) is 14.9. The molecular formula is C17H13ClN2OS. The van der Waals surface area contributed by atoms with E-state index in [2.05, 4.69) is 9.97 Å². The standard InChI is InChI=1S/C17H13ClN2OS/c1-11-19-15-9-5-3-7-13(15)17(20-11)22-10-16(21)12-6-2-4-8-14(12)18/h2-9H,10H2,1H3. The largest absolute Gasteiger partial charge is 0.293 e. The van der Waals surface area contributed by atoms with E-state index in [0.717, 1.165) is 15.9 Å². The molecule has 0 fully saturated rings. The Bertz CT molecular complexity index is 851. The van der Waals surface area contributed by atoms with Crippen LogP contribution in [0.15, 0.2) is 53.6 Å². The molecule has 0 saturated heterocycles. The first-order chi connectivity index (χ1) is 10.6. The second-order valence-corrected chi connectivity index (χ2v) is 6.16. The van der Waals surface area contributed by atoms with Crippen LogP contribution in [0.3, 0.4) is 0 Å². The van der Waals surface area contributed by atoms with Crippen LogP contribution in [0.1, 0.15) is 16.2 Å². The Labute approximate surface area is 137 Å². The topological polar surface area (TPSA) is 42.9 Å². The minimum absolute atomic E-state index is 0.00375. The van der Waals surface area contributed by atoms with Gasteiger partial charge in [-0.05, 0) is 25.1 Å². The summed E-state index contributed by atoms with van der Waals surface area (Å²) >= 11 is 7.48. The van der Waals surface area contributed by atoms with E-state index >= 15 is 0 Å². The number of fused-ring (bicyclic) bond motifs is 1. The number of para-hydroxylation sites is 1. The summed E-state index contributed by atoms with van der Waals surface area (Å²) < 4.78 is 0. The van der Waals surface area contributed by atoms with Gasteiger partial charge < -0.3 is 0 Å². The highest BCUT2D eigenvalue weighted by Crippen LogP contribution is 2.26. The quantitative estimate of drug-likeness (QED) is 0.400. The molecule has 1 heterocycles. The first-order valence-electron chi connectivity index (χ1n) is 6.79. The first kappa shape index (κ1) is 15.0. The van der Waals surface area contributed by atoms with E-state index in [0.29, 0.717) is 22.2 Å². The maximum absolute atomic E-state index is 12.3.